The Labute approximate surface area is 98.2 Å². The highest BCUT2D eigenvalue weighted by Crippen LogP contribution is 2.20. The van der Waals surface area contributed by atoms with Gasteiger partial charge in [0.2, 0.25) is 0 Å². The minimum absolute atomic E-state index is 0.138. The fourth-order valence-corrected chi connectivity index (χ4v) is 2.97. The average Bonchev–Trinajstić information content (AvgIpc) is 2.75. The fourth-order valence-electron chi connectivity index (χ4n) is 1.80. The third-order valence-electron chi connectivity index (χ3n) is 2.59. The van der Waals surface area contributed by atoms with Gasteiger partial charge in [0.25, 0.3) is 0 Å². The van der Waals surface area contributed by atoms with Crippen LogP contribution < -0.4 is 5.32 Å². The van der Waals surface area contributed by atoms with Gasteiger partial charge in [-0.1, -0.05) is 0 Å². The van der Waals surface area contributed by atoms with Crippen LogP contribution in [0.25, 0.3) is 0 Å². The Morgan fingerprint density at radius 1 is 1.75 bits per heavy atom. The van der Waals surface area contributed by atoms with E-state index >= 15 is 0 Å². The highest BCUT2D eigenvalue weighted by atomic mass is 32.2. The van der Waals surface area contributed by atoms with Crippen molar-refractivity contribution in [3.8, 4) is 0 Å². The predicted octanol–water partition coefficient (Wildman–Crippen LogP) is 0.616. The van der Waals surface area contributed by atoms with Gasteiger partial charge in [0, 0.05) is 11.4 Å². The van der Waals surface area contributed by atoms with E-state index in [-0.39, 0.29) is 5.37 Å². The van der Waals surface area contributed by atoms with Crippen molar-refractivity contribution in [1.29, 1.82) is 0 Å². The lowest BCUT2D eigenvalue weighted by Crippen LogP contribution is -2.38. The van der Waals surface area contributed by atoms with Crippen molar-refractivity contribution in [2.45, 2.75) is 31.8 Å². The van der Waals surface area contributed by atoms with E-state index in [9.17, 15) is 4.79 Å². The molecule has 2 rings (SSSR count). The van der Waals surface area contributed by atoms with Crippen molar-refractivity contribution in [3.05, 3.63) is 17.5 Å². The van der Waals surface area contributed by atoms with Gasteiger partial charge >= 0.3 is 5.97 Å². The van der Waals surface area contributed by atoms with Crippen molar-refractivity contribution < 1.29 is 9.90 Å². The molecule has 2 N–H and O–H groups in total. The lowest BCUT2D eigenvalue weighted by Gasteiger charge is -2.12. The molecule has 0 bridgehead atoms. The highest BCUT2D eigenvalue weighted by molar-refractivity contribution is 8.00. The summed E-state index contributed by atoms with van der Waals surface area (Å²) >= 11 is 1.64. The maximum absolute atomic E-state index is 10.8. The van der Waals surface area contributed by atoms with Gasteiger partial charge in [0.05, 0.1) is 17.6 Å². The number of thioether (sulfide) groups is 1. The summed E-state index contributed by atoms with van der Waals surface area (Å²) in [5.41, 5.74) is 2.11. The maximum Gasteiger partial charge on any atom is 0.321 e. The van der Waals surface area contributed by atoms with Gasteiger partial charge in [0.15, 0.2) is 0 Å². The molecule has 5 nitrogen and oxygen atoms in total. The third kappa shape index (κ3) is 2.38. The third-order valence-corrected chi connectivity index (χ3v) is 3.80. The van der Waals surface area contributed by atoms with Crippen LogP contribution in [-0.4, -0.2) is 38.0 Å². The number of aromatic nitrogens is 2. The van der Waals surface area contributed by atoms with Gasteiger partial charge < -0.3 is 5.11 Å². The highest BCUT2D eigenvalue weighted by Gasteiger charge is 2.29. The topological polar surface area (TPSA) is 67.2 Å². The monoisotopic (exact) mass is 241 g/mol. The summed E-state index contributed by atoms with van der Waals surface area (Å²) in [7, 11) is 0. The van der Waals surface area contributed by atoms with Crippen LogP contribution in [0.3, 0.4) is 0 Å². The molecule has 1 saturated heterocycles. The second-order valence-electron chi connectivity index (χ2n) is 3.99. The lowest BCUT2D eigenvalue weighted by molar-refractivity contribution is -0.138. The molecule has 2 atom stereocenters. The number of aliphatic carboxylic acids is 1. The Morgan fingerprint density at radius 3 is 3.00 bits per heavy atom. The largest absolute Gasteiger partial charge is 0.480 e. The zero-order chi connectivity index (χ0) is 11.7. The molecule has 16 heavy (non-hydrogen) atoms. The van der Waals surface area contributed by atoms with Gasteiger partial charge in [0.1, 0.15) is 6.04 Å². The van der Waals surface area contributed by atoms with E-state index in [1.807, 2.05) is 24.6 Å². The standard InChI is InChI=1S/C10H15N3O2S/c1-6-3-7(2)13(12-6)4-9-11-8(5-16-9)10(14)15/h3,8-9,11H,4-5H2,1-2H3,(H,14,15). The van der Waals surface area contributed by atoms with Crippen LogP contribution in [0, 0.1) is 13.8 Å². The number of hydrogen-bond acceptors (Lipinski definition) is 4. The molecule has 0 radical (unpaired) electrons. The first-order valence-corrected chi connectivity index (χ1v) is 6.22. The van der Waals surface area contributed by atoms with Crippen molar-refractivity contribution in [1.82, 2.24) is 15.1 Å². The zero-order valence-electron chi connectivity index (χ0n) is 9.30. The second-order valence-corrected chi connectivity index (χ2v) is 5.22. The van der Waals surface area contributed by atoms with Gasteiger partial charge in [-0.3, -0.25) is 14.8 Å². The van der Waals surface area contributed by atoms with Crippen LogP contribution in [0.1, 0.15) is 11.4 Å². The molecule has 1 aromatic heterocycles. The Hall–Kier alpha value is -1.01. The number of carboxylic acid groups (broad SMARTS) is 1. The number of carbonyl (C=O) groups is 1. The first-order valence-electron chi connectivity index (χ1n) is 5.18. The smallest absolute Gasteiger partial charge is 0.321 e. The van der Waals surface area contributed by atoms with Crippen molar-refractivity contribution >= 4 is 17.7 Å². The minimum atomic E-state index is -0.775. The molecule has 0 saturated carbocycles. The first kappa shape index (κ1) is 11.5. The SMILES string of the molecule is Cc1cc(C)n(CC2NC(C(=O)O)CS2)n1. The van der Waals surface area contributed by atoms with Gasteiger partial charge in [-0.05, 0) is 19.9 Å². The summed E-state index contributed by atoms with van der Waals surface area (Å²) in [6, 6.07) is 1.60. The van der Waals surface area contributed by atoms with Crippen molar-refractivity contribution in [2.24, 2.45) is 0 Å². The molecule has 0 amide bonds. The number of hydrogen-bond donors (Lipinski definition) is 2. The van der Waals surface area contributed by atoms with Gasteiger partial charge in [-0.15, -0.1) is 11.8 Å². The molecule has 1 aliphatic rings. The predicted molar refractivity (Wildman–Crippen MR) is 62.5 cm³/mol. The normalized spacial score (nSPS) is 24.9. The summed E-state index contributed by atoms with van der Waals surface area (Å²) in [5, 5.41) is 16.4. The summed E-state index contributed by atoms with van der Waals surface area (Å²) in [4.78, 5) is 10.8. The molecule has 0 spiro atoms. The summed E-state index contributed by atoms with van der Waals surface area (Å²) in [5.74, 6) is -0.150. The fraction of sp³-hybridized carbons (Fsp3) is 0.600. The first-order chi connectivity index (χ1) is 7.56. The number of nitrogens with one attached hydrogen (secondary N) is 1. The molecule has 6 heteroatoms. The van der Waals surface area contributed by atoms with Crippen LogP contribution >= 0.6 is 11.8 Å². The molecule has 2 heterocycles. The lowest BCUT2D eigenvalue weighted by atomic mass is 10.3. The molecule has 2 unspecified atom stereocenters. The number of rotatable bonds is 3. The van der Waals surface area contributed by atoms with Crippen LogP contribution in [0.2, 0.25) is 0 Å². The Bertz CT molecular complexity index is 405. The van der Waals surface area contributed by atoms with Gasteiger partial charge in [-0.25, -0.2) is 0 Å². The molecule has 1 fully saturated rings. The summed E-state index contributed by atoms with van der Waals surface area (Å²) in [6.45, 7) is 4.68. The van der Waals surface area contributed by atoms with E-state index in [0.29, 0.717) is 12.3 Å². The molecule has 88 valence electrons. The average molecular weight is 241 g/mol. The van der Waals surface area contributed by atoms with E-state index in [4.69, 9.17) is 5.11 Å². The maximum atomic E-state index is 10.8. The summed E-state index contributed by atoms with van der Waals surface area (Å²) < 4.78 is 1.92. The van der Waals surface area contributed by atoms with Crippen LogP contribution in [-0.2, 0) is 11.3 Å². The van der Waals surface area contributed by atoms with Crippen LogP contribution in [0.4, 0.5) is 0 Å². The summed E-state index contributed by atoms with van der Waals surface area (Å²) in [6.07, 6.45) is 0. The number of carboxylic acids is 1. The Balaban J connectivity index is 1.97. The minimum Gasteiger partial charge on any atom is -0.480 e. The molecule has 1 aromatic rings. The van der Waals surface area contributed by atoms with E-state index in [1.165, 1.54) is 0 Å². The van der Waals surface area contributed by atoms with E-state index in [1.54, 1.807) is 11.8 Å². The van der Waals surface area contributed by atoms with Gasteiger partial charge in [-0.2, -0.15) is 5.10 Å². The number of nitrogens with zero attached hydrogens (tertiary/aromatic N) is 2. The van der Waals surface area contributed by atoms with E-state index in [2.05, 4.69) is 10.4 Å². The number of aryl methyl sites for hydroxylation is 2. The molecule has 0 aromatic carbocycles. The molecule has 0 aliphatic carbocycles. The zero-order valence-corrected chi connectivity index (χ0v) is 10.1. The van der Waals surface area contributed by atoms with Crippen molar-refractivity contribution in [2.75, 3.05) is 5.75 Å². The van der Waals surface area contributed by atoms with Crippen LogP contribution in [0.5, 0.6) is 0 Å². The Morgan fingerprint density at radius 2 is 2.50 bits per heavy atom. The quantitative estimate of drug-likeness (QED) is 0.812. The van der Waals surface area contributed by atoms with Crippen molar-refractivity contribution in [3.63, 3.8) is 0 Å². The second kappa shape index (κ2) is 4.47. The Kier molecular flexibility index (Phi) is 3.20. The molecular formula is C10H15N3O2S. The van der Waals surface area contributed by atoms with E-state index < -0.39 is 12.0 Å². The van der Waals surface area contributed by atoms with E-state index in [0.717, 1.165) is 11.4 Å². The molecular weight excluding hydrogens is 226 g/mol. The van der Waals surface area contributed by atoms with Crippen LogP contribution in [0.15, 0.2) is 6.07 Å². The molecule has 1 aliphatic heterocycles.